The molecule has 1 saturated heterocycles. The van der Waals surface area contributed by atoms with Crippen LogP contribution < -0.4 is 5.32 Å². The summed E-state index contributed by atoms with van der Waals surface area (Å²) in [7, 11) is 0. The van der Waals surface area contributed by atoms with Gasteiger partial charge in [-0.25, -0.2) is 13.6 Å². The number of nitrogens with zero attached hydrogens (tertiary/aromatic N) is 1. The van der Waals surface area contributed by atoms with Gasteiger partial charge in [-0.1, -0.05) is 18.2 Å². The van der Waals surface area contributed by atoms with Crippen molar-refractivity contribution in [3.05, 3.63) is 59.2 Å². The minimum absolute atomic E-state index is 0.0819. The van der Waals surface area contributed by atoms with Crippen LogP contribution in [0, 0.1) is 11.6 Å². The Balaban J connectivity index is 1.83. The Labute approximate surface area is 168 Å². The number of piperazine rings is 1. The van der Waals surface area contributed by atoms with Crippen molar-refractivity contribution >= 4 is 11.9 Å². The van der Waals surface area contributed by atoms with Gasteiger partial charge in [-0.3, -0.25) is 4.79 Å². The molecule has 0 unspecified atom stereocenters. The van der Waals surface area contributed by atoms with E-state index in [0.717, 1.165) is 6.07 Å². The molecule has 7 heteroatoms. The molecule has 0 spiro atoms. The fraction of sp³-hybridized carbons (Fsp3) is 0.364. The van der Waals surface area contributed by atoms with E-state index in [4.69, 9.17) is 4.74 Å². The van der Waals surface area contributed by atoms with Crippen LogP contribution in [0.3, 0.4) is 0 Å². The molecule has 2 atom stereocenters. The van der Waals surface area contributed by atoms with Crippen LogP contribution in [0.4, 0.5) is 13.6 Å². The van der Waals surface area contributed by atoms with E-state index in [9.17, 15) is 14.0 Å². The minimum atomic E-state index is -0.806. The van der Waals surface area contributed by atoms with Gasteiger partial charge in [-0.2, -0.15) is 0 Å². The van der Waals surface area contributed by atoms with Gasteiger partial charge in [0.25, 0.3) is 0 Å². The maximum Gasteiger partial charge on any atom is 0.410 e. The molecule has 2 aromatic rings. The normalized spacial score (nSPS) is 19.1. The van der Waals surface area contributed by atoms with Crippen LogP contribution in [-0.4, -0.2) is 41.9 Å². The zero-order valence-electron chi connectivity index (χ0n) is 16.7. The Morgan fingerprint density at radius 2 is 1.83 bits per heavy atom. The van der Waals surface area contributed by atoms with Crippen molar-refractivity contribution in [3.8, 4) is 11.1 Å². The number of benzene rings is 2. The van der Waals surface area contributed by atoms with Gasteiger partial charge in [-0.05, 0) is 44.5 Å². The zero-order chi connectivity index (χ0) is 21.1. The van der Waals surface area contributed by atoms with E-state index in [1.54, 1.807) is 29.2 Å². The second-order valence-electron chi connectivity index (χ2n) is 7.34. The zero-order valence-corrected chi connectivity index (χ0v) is 16.7. The van der Waals surface area contributed by atoms with E-state index < -0.39 is 24.3 Å². The van der Waals surface area contributed by atoms with Crippen molar-refractivity contribution in [2.75, 3.05) is 13.1 Å². The summed E-state index contributed by atoms with van der Waals surface area (Å²) in [5.74, 6) is -1.74. The molecular weight excluding hydrogens is 378 g/mol. The number of hydrogen-bond acceptors (Lipinski definition) is 4. The van der Waals surface area contributed by atoms with Crippen LogP contribution in [0.5, 0.6) is 0 Å². The molecule has 0 aliphatic carbocycles. The van der Waals surface area contributed by atoms with Gasteiger partial charge in [0.05, 0.1) is 5.56 Å². The summed E-state index contributed by atoms with van der Waals surface area (Å²) in [6, 6.07) is 8.76. The standard InChI is InChI=1S/C22H24F2N2O3/c1-13-10-25-11-14(2)26(13)22(28)29-12-19-20(23)8-7-18(21(19)24)17-6-4-5-16(9-17)15(3)27/h4-9,13-14,25H,10-12H2,1-3H3/t13-,14+. The van der Waals surface area contributed by atoms with E-state index in [2.05, 4.69) is 5.32 Å². The second-order valence-corrected chi connectivity index (χ2v) is 7.34. The number of carbonyl (C=O) groups is 2. The van der Waals surface area contributed by atoms with Gasteiger partial charge in [0.2, 0.25) is 0 Å². The van der Waals surface area contributed by atoms with Crippen LogP contribution in [0.1, 0.15) is 36.7 Å². The topological polar surface area (TPSA) is 58.6 Å². The monoisotopic (exact) mass is 402 g/mol. The number of rotatable bonds is 4. The maximum absolute atomic E-state index is 15.1. The number of halogens is 2. The lowest BCUT2D eigenvalue weighted by Crippen LogP contribution is -2.57. The molecule has 2 aromatic carbocycles. The first-order valence-corrected chi connectivity index (χ1v) is 9.53. The molecule has 5 nitrogen and oxygen atoms in total. The average molecular weight is 402 g/mol. The SMILES string of the molecule is CC(=O)c1cccc(-c2ccc(F)c(COC(=O)N3[C@H](C)CNC[C@@H]3C)c2F)c1. The van der Waals surface area contributed by atoms with Crippen LogP contribution in [0.25, 0.3) is 11.1 Å². The Morgan fingerprint density at radius 1 is 1.14 bits per heavy atom. The highest BCUT2D eigenvalue weighted by Gasteiger charge is 2.30. The molecule has 1 aliphatic heterocycles. The van der Waals surface area contributed by atoms with Crippen molar-refractivity contribution < 1.29 is 23.1 Å². The predicted molar refractivity (Wildman–Crippen MR) is 106 cm³/mol. The Bertz CT molecular complexity index is 922. The molecular formula is C22H24F2N2O3. The lowest BCUT2D eigenvalue weighted by atomic mass is 9.99. The summed E-state index contributed by atoms with van der Waals surface area (Å²) in [4.78, 5) is 25.7. The van der Waals surface area contributed by atoms with Gasteiger partial charge in [0.1, 0.15) is 18.2 Å². The molecule has 1 heterocycles. The summed E-state index contributed by atoms with van der Waals surface area (Å²) in [5.41, 5.74) is 0.706. The molecule has 3 rings (SSSR count). The summed E-state index contributed by atoms with van der Waals surface area (Å²) in [5, 5.41) is 3.21. The van der Waals surface area contributed by atoms with E-state index in [-0.39, 0.29) is 29.0 Å². The molecule has 1 amide bonds. The quantitative estimate of drug-likeness (QED) is 0.781. The first kappa shape index (κ1) is 20.9. The number of hydrogen-bond donors (Lipinski definition) is 1. The third kappa shape index (κ3) is 4.45. The third-order valence-electron chi connectivity index (χ3n) is 5.15. The molecule has 0 radical (unpaired) electrons. The highest BCUT2D eigenvalue weighted by atomic mass is 19.1. The second kappa shape index (κ2) is 8.69. The number of nitrogens with one attached hydrogen (secondary N) is 1. The van der Waals surface area contributed by atoms with Crippen molar-refractivity contribution in [1.82, 2.24) is 10.2 Å². The first-order valence-electron chi connectivity index (χ1n) is 9.53. The number of ketones is 1. The van der Waals surface area contributed by atoms with E-state index >= 15 is 4.39 Å². The van der Waals surface area contributed by atoms with E-state index in [0.29, 0.717) is 24.2 Å². The van der Waals surface area contributed by atoms with Gasteiger partial charge >= 0.3 is 6.09 Å². The lowest BCUT2D eigenvalue weighted by Gasteiger charge is -2.38. The predicted octanol–water partition coefficient (Wildman–Crippen LogP) is 4.15. The minimum Gasteiger partial charge on any atom is -0.444 e. The number of carbonyl (C=O) groups excluding carboxylic acids is 2. The third-order valence-corrected chi connectivity index (χ3v) is 5.15. The number of ether oxygens (including phenoxy) is 1. The van der Waals surface area contributed by atoms with Gasteiger partial charge in [-0.15, -0.1) is 0 Å². The molecule has 1 N–H and O–H groups in total. The largest absolute Gasteiger partial charge is 0.444 e. The highest BCUT2D eigenvalue weighted by molar-refractivity contribution is 5.95. The molecule has 154 valence electrons. The van der Waals surface area contributed by atoms with Crippen LogP contribution in [0.15, 0.2) is 36.4 Å². The fourth-order valence-electron chi connectivity index (χ4n) is 3.56. The van der Waals surface area contributed by atoms with E-state index in [1.807, 2.05) is 13.8 Å². The summed E-state index contributed by atoms with van der Waals surface area (Å²) in [6.45, 7) is 5.93. The Morgan fingerprint density at radius 3 is 2.48 bits per heavy atom. The van der Waals surface area contributed by atoms with Gasteiger partial charge in [0, 0.05) is 36.3 Å². The van der Waals surface area contributed by atoms with Crippen molar-refractivity contribution in [2.24, 2.45) is 0 Å². The fourth-order valence-corrected chi connectivity index (χ4v) is 3.56. The summed E-state index contributed by atoms with van der Waals surface area (Å²) >= 11 is 0. The van der Waals surface area contributed by atoms with Crippen molar-refractivity contribution in [1.29, 1.82) is 0 Å². The van der Waals surface area contributed by atoms with Crippen LogP contribution in [0.2, 0.25) is 0 Å². The van der Waals surface area contributed by atoms with Gasteiger partial charge < -0.3 is 15.0 Å². The van der Waals surface area contributed by atoms with Crippen LogP contribution >= 0.6 is 0 Å². The Hall–Kier alpha value is -2.80. The highest BCUT2D eigenvalue weighted by Crippen LogP contribution is 2.28. The summed E-state index contributed by atoms with van der Waals surface area (Å²) in [6.07, 6.45) is -0.603. The molecule has 0 aromatic heterocycles. The number of Topliss-reactive ketones (excluding diaryl/α,β-unsaturated/α-hetero) is 1. The molecule has 29 heavy (non-hydrogen) atoms. The van der Waals surface area contributed by atoms with Crippen molar-refractivity contribution in [2.45, 2.75) is 39.5 Å². The smallest absolute Gasteiger partial charge is 0.410 e. The van der Waals surface area contributed by atoms with E-state index in [1.165, 1.54) is 13.0 Å². The van der Waals surface area contributed by atoms with Crippen LogP contribution in [-0.2, 0) is 11.3 Å². The molecule has 1 aliphatic rings. The molecule has 1 fully saturated rings. The maximum atomic E-state index is 15.1. The molecule has 0 bridgehead atoms. The Kier molecular flexibility index (Phi) is 6.27. The first-order chi connectivity index (χ1) is 13.8. The van der Waals surface area contributed by atoms with Crippen molar-refractivity contribution in [3.63, 3.8) is 0 Å². The number of amides is 1. The average Bonchev–Trinajstić information content (AvgIpc) is 2.68. The van der Waals surface area contributed by atoms with Gasteiger partial charge in [0.15, 0.2) is 5.78 Å². The molecule has 0 saturated carbocycles. The lowest BCUT2D eigenvalue weighted by molar-refractivity contribution is 0.0552. The summed E-state index contributed by atoms with van der Waals surface area (Å²) < 4.78 is 34.6.